The van der Waals surface area contributed by atoms with E-state index in [4.69, 9.17) is 4.74 Å². The van der Waals surface area contributed by atoms with E-state index >= 15 is 0 Å². The van der Waals surface area contributed by atoms with E-state index in [0.29, 0.717) is 17.0 Å². The number of nitrogens with one attached hydrogen (secondary N) is 1. The zero-order valence-corrected chi connectivity index (χ0v) is 18.4. The Morgan fingerprint density at radius 2 is 1.71 bits per heavy atom. The summed E-state index contributed by atoms with van der Waals surface area (Å²) >= 11 is 0. The van der Waals surface area contributed by atoms with Crippen LogP contribution in [0.2, 0.25) is 0 Å². The maximum absolute atomic E-state index is 13.6. The van der Waals surface area contributed by atoms with E-state index in [1.165, 1.54) is 24.3 Å². The minimum Gasteiger partial charge on any atom is -0.489 e. The second-order valence-corrected chi connectivity index (χ2v) is 8.42. The molecule has 1 N–H and O–H groups in total. The number of urea groups is 1. The van der Waals surface area contributed by atoms with Gasteiger partial charge in [0.25, 0.3) is 5.91 Å². The summed E-state index contributed by atoms with van der Waals surface area (Å²) in [7, 11) is 0. The van der Waals surface area contributed by atoms with Crippen LogP contribution in [-0.2, 0) is 15.1 Å². The number of hydrogen-bond donors (Lipinski definition) is 1. The summed E-state index contributed by atoms with van der Waals surface area (Å²) in [6.07, 6.45) is 0. The average Bonchev–Trinajstić information content (AvgIpc) is 3.07. The molecule has 2 aliphatic heterocycles. The number of halogens is 1. The average molecular weight is 459 g/mol. The van der Waals surface area contributed by atoms with E-state index in [2.05, 4.69) is 5.32 Å². The first kappa shape index (κ1) is 21.6. The number of carbonyl (C=O) groups is 3. The van der Waals surface area contributed by atoms with Crippen molar-refractivity contribution in [3.8, 4) is 5.75 Å². The van der Waals surface area contributed by atoms with Gasteiger partial charge in [0.15, 0.2) is 0 Å². The Balaban J connectivity index is 1.45. The fraction of sp³-hybridized carbons (Fsp3) is 0.192. The topological polar surface area (TPSA) is 79.0 Å². The summed E-state index contributed by atoms with van der Waals surface area (Å²) in [6.45, 7) is 1.33. The highest BCUT2D eigenvalue weighted by atomic mass is 19.1. The number of carbonyl (C=O) groups excluding carboxylic acids is 3. The molecule has 0 aliphatic carbocycles. The number of benzene rings is 3. The van der Waals surface area contributed by atoms with Crippen LogP contribution in [0.4, 0.5) is 14.9 Å². The van der Waals surface area contributed by atoms with Crippen LogP contribution in [0.25, 0.3) is 0 Å². The number of fused-ring (bicyclic) bond motifs is 1. The van der Waals surface area contributed by atoms with Gasteiger partial charge in [-0.2, -0.15) is 0 Å². The number of hydrogen-bond acceptors (Lipinski definition) is 4. The minimum absolute atomic E-state index is 0.236. The van der Waals surface area contributed by atoms with Crippen molar-refractivity contribution in [2.24, 2.45) is 0 Å². The van der Waals surface area contributed by atoms with Crippen LogP contribution in [0, 0.1) is 5.82 Å². The summed E-state index contributed by atoms with van der Waals surface area (Å²) in [5.74, 6) is -0.891. The quantitative estimate of drug-likeness (QED) is 0.603. The lowest BCUT2D eigenvalue weighted by Gasteiger charge is -2.37. The molecule has 2 atom stereocenters. The van der Waals surface area contributed by atoms with Crippen molar-refractivity contribution in [2.45, 2.75) is 18.5 Å². The molecule has 7 nitrogen and oxygen atoms in total. The van der Waals surface area contributed by atoms with E-state index in [0.717, 1.165) is 10.5 Å². The van der Waals surface area contributed by atoms with Gasteiger partial charge in [0.2, 0.25) is 5.91 Å². The lowest BCUT2D eigenvalue weighted by molar-refractivity contribution is -0.134. The predicted octanol–water partition coefficient (Wildman–Crippen LogP) is 3.76. The largest absolute Gasteiger partial charge is 0.489 e. The van der Waals surface area contributed by atoms with E-state index in [-0.39, 0.29) is 6.61 Å². The highest BCUT2D eigenvalue weighted by molar-refractivity contribution is 6.10. The lowest BCUT2D eigenvalue weighted by Crippen LogP contribution is -2.48. The van der Waals surface area contributed by atoms with Gasteiger partial charge >= 0.3 is 6.03 Å². The van der Waals surface area contributed by atoms with Gasteiger partial charge < -0.3 is 10.1 Å². The third kappa shape index (κ3) is 3.57. The highest BCUT2D eigenvalue weighted by Gasteiger charge is 2.50. The van der Waals surface area contributed by atoms with Crippen molar-refractivity contribution in [1.29, 1.82) is 0 Å². The predicted molar refractivity (Wildman–Crippen MR) is 123 cm³/mol. The number of nitrogens with zero attached hydrogens (tertiary/aromatic N) is 2. The molecule has 0 unspecified atom stereocenters. The fourth-order valence-electron chi connectivity index (χ4n) is 4.45. The molecular weight excluding hydrogens is 437 g/mol. The maximum atomic E-state index is 13.6. The number of para-hydroxylation sites is 2. The molecule has 2 heterocycles. The molecule has 34 heavy (non-hydrogen) atoms. The molecule has 4 amide bonds. The minimum atomic E-state index is -1.40. The Labute approximate surface area is 195 Å². The van der Waals surface area contributed by atoms with Crippen molar-refractivity contribution in [1.82, 2.24) is 10.2 Å². The zero-order chi connectivity index (χ0) is 23.9. The second kappa shape index (κ2) is 8.30. The molecule has 1 fully saturated rings. The second-order valence-electron chi connectivity index (χ2n) is 8.42. The van der Waals surface area contributed by atoms with Crippen molar-refractivity contribution in [3.05, 3.63) is 95.8 Å². The number of imide groups is 1. The van der Waals surface area contributed by atoms with Crippen molar-refractivity contribution in [2.75, 3.05) is 18.1 Å². The summed E-state index contributed by atoms with van der Waals surface area (Å²) < 4.78 is 19.3. The molecule has 2 aliphatic rings. The van der Waals surface area contributed by atoms with Crippen molar-refractivity contribution < 1.29 is 23.5 Å². The Morgan fingerprint density at radius 1 is 1.03 bits per heavy atom. The molecule has 0 aromatic heterocycles. The van der Waals surface area contributed by atoms with Gasteiger partial charge in [0.05, 0.1) is 11.7 Å². The first-order chi connectivity index (χ1) is 16.4. The molecule has 0 spiro atoms. The first-order valence-electron chi connectivity index (χ1n) is 10.9. The molecule has 8 heteroatoms. The third-order valence-corrected chi connectivity index (χ3v) is 6.28. The van der Waals surface area contributed by atoms with E-state index in [1.807, 2.05) is 36.4 Å². The molecule has 172 valence electrons. The summed E-state index contributed by atoms with van der Waals surface area (Å²) in [6, 6.07) is 20.9. The number of ether oxygens (including phenoxy) is 1. The number of rotatable bonds is 4. The lowest BCUT2D eigenvalue weighted by atomic mass is 9.92. The van der Waals surface area contributed by atoms with E-state index in [9.17, 15) is 18.8 Å². The maximum Gasteiger partial charge on any atom is 0.325 e. The molecule has 0 radical (unpaired) electrons. The zero-order valence-electron chi connectivity index (χ0n) is 18.4. The SMILES string of the molecule is C[C@]1(c2ccc(F)cc2)NC(=O)N(CC(=O)N2c3ccccc3OC[C@H]2c2ccccc2)C1=O. The normalized spacial score (nSPS) is 21.6. The van der Waals surface area contributed by atoms with Crippen LogP contribution >= 0.6 is 0 Å². The van der Waals surface area contributed by atoms with Gasteiger partial charge in [-0.25, -0.2) is 9.18 Å². The van der Waals surface area contributed by atoms with Gasteiger partial charge in [0, 0.05) is 0 Å². The summed E-state index contributed by atoms with van der Waals surface area (Å²) in [5, 5.41) is 2.66. The van der Waals surface area contributed by atoms with Gasteiger partial charge in [0.1, 0.15) is 30.3 Å². The van der Waals surface area contributed by atoms with Crippen LogP contribution in [0.5, 0.6) is 5.75 Å². The van der Waals surface area contributed by atoms with Crippen LogP contribution < -0.4 is 15.0 Å². The van der Waals surface area contributed by atoms with Crippen molar-refractivity contribution in [3.63, 3.8) is 0 Å². The molecule has 0 bridgehead atoms. The van der Waals surface area contributed by atoms with Gasteiger partial charge in [-0.05, 0) is 42.3 Å². The molecule has 1 saturated heterocycles. The molecule has 0 saturated carbocycles. The smallest absolute Gasteiger partial charge is 0.325 e. The molecule has 5 rings (SSSR count). The first-order valence-corrected chi connectivity index (χ1v) is 10.9. The molecule has 3 aromatic carbocycles. The monoisotopic (exact) mass is 459 g/mol. The Morgan fingerprint density at radius 3 is 2.44 bits per heavy atom. The van der Waals surface area contributed by atoms with Crippen LogP contribution in [0.3, 0.4) is 0 Å². The van der Waals surface area contributed by atoms with E-state index in [1.54, 1.807) is 30.0 Å². The third-order valence-electron chi connectivity index (χ3n) is 6.28. The van der Waals surface area contributed by atoms with Crippen LogP contribution in [0.1, 0.15) is 24.1 Å². The van der Waals surface area contributed by atoms with Crippen molar-refractivity contribution >= 4 is 23.5 Å². The van der Waals surface area contributed by atoms with Gasteiger partial charge in [-0.15, -0.1) is 0 Å². The standard InChI is InChI=1S/C26H22FN3O4/c1-26(18-11-13-19(27)14-12-18)24(32)29(25(33)28-26)15-23(31)30-20-9-5-6-10-22(20)34-16-21(30)17-7-3-2-4-8-17/h2-14,21H,15-16H2,1H3,(H,28,33)/t21-,26+/m0/s1. The Hall–Kier alpha value is -4.20. The van der Waals surface area contributed by atoms with Gasteiger partial charge in [-0.3, -0.25) is 19.4 Å². The fourth-order valence-corrected chi connectivity index (χ4v) is 4.45. The van der Waals surface area contributed by atoms with Gasteiger partial charge in [-0.1, -0.05) is 54.6 Å². The molecule has 3 aromatic rings. The highest BCUT2D eigenvalue weighted by Crippen LogP contribution is 2.39. The summed E-state index contributed by atoms with van der Waals surface area (Å²) in [4.78, 5) is 42.2. The van der Waals surface area contributed by atoms with Crippen LogP contribution in [0.15, 0.2) is 78.9 Å². The number of amides is 4. The van der Waals surface area contributed by atoms with Crippen LogP contribution in [-0.4, -0.2) is 35.9 Å². The Bertz CT molecular complexity index is 1260. The van der Waals surface area contributed by atoms with E-state index < -0.39 is 41.8 Å². The number of anilines is 1. The summed E-state index contributed by atoms with van der Waals surface area (Å²) in [5.41, 5.74) is 0.480. The Kier molecular flexibility index (Phi) is 5.28. The molecular formula is C26H22FN3O4.